The van der Waals surface area contributed by atoms with Gasteiger partial charge in [0, 0.05) is 18.1 Å². The van der Waals surface area contributed by atoms with E-state index in [4.69, 9.17) is 16.3 Å². The van der Waals surface area contributed by atoms with Gasteiger partial charge in [-0.1, -0.05) is 0 Å². The third-order valence-electron chi connectivity index (χ3n) is 2.63. The average molecular weight is 233 g/mol. The molecule has 2 unspecified atom stereocenters. The molecular weight excluding hydrogens is 222 g/mol. The zero-order valence-electron chi connectivity index (χ0n) is 8.05. The van der Waals surface area contributed by atoms with Crippen molar-refractivity contribution < 1.29 is 13.5 Å². The Morgan fingerprint density at radius 1 is 1.40 bits per heavy atom. The van der Waals surface area contributed by atoms with Crippen molar-refractivity contribution in [3.8, 4) is 0 Å². The molecule has 1 aromatic rings. The van der Waals surface area contributed by atoms with Gasteiger partial charge in [0.2, 0.25) is 0 Å². The summed E-state index contributed by atoms with van der Waals surface area (Å²) in [6.45, 7) is 1.16. The number of alkyl halides is 1. The summed E-state index contributed by atoms with van der Waals surface area (Å²) in [5.41, 5.74) is 0.229. The molecule has 15 heavy (non-hydrogen) atoms. The van der Waals surface area contributed by atoms with E-state index in [0.717, 1.165) is 24.6 Å². The minimum Gasteiger partial charge on any atom is -0.381 e. The first kappa shape index (κ1) is 10.8. The maximum atomic E-state index is 13.4. The number of rotatable bonds is 2. The molecule has 1 heterocycles. The van der Waals surface area contributed by atoms with Crippen LogP contribution in [0.3, 0.4) is 0 Å². The Morgan fingerprint density at radius 3 is 2.87 bits per heavy atom. The second-order valence-electron chi connectivity index (χ2n) is 3.69. The first-order chi connectivity index (χ1) is 7.18. The van der Waals surface area contributed by atoms with Gasteiger partial charge in [0.1, 0.15) is 11.6 Å². The number of hydrogen-bond acceptors (Lipinski definition) is 1. The summed E-state index contributed by atoms with van der Waals surface area (Å²) >= 11 is 6.10. The Kier molecular flexibility index (Phi) is 3.22. The van der Waals surface area contributed by atoms with Gasteiger partial charge in [-0.05, 0) is 24.6 Å². The molecule has 0 N–H and O–H groups in total. The van der Waals surface area contributed by atoms with Gasteiger partial charge in [-0.25, -0.2) is 8.78 Å². The molecule has 0 radical (unpaired) electrons. The van der Waals surface area contributed by atoms with Crippen molar-refractivity contribution >= 4 is 11.6 Å². The molecule has 0 bridgehead atoms. The maximum absolute atomic E-state index is 13.4. The van der Waals surface area contributed by atoms with E-state index in [0.29, 0.717) is 13.2 Å². The van der Waals surface area contributed by atoms with Gasteiger partial charge >= 0.3 is 0 Å². The lowest BCUT2D eigenvalue weighted by molar-refractivity contribution is 0.185. The average Bonchev–Trinajstić information content (AvgIpc) is 2.74. The van der Waals surface area contributed by atoms with Crippen LogP contribution < -0.4 is 0 Å². The van der Waals surface area contributed by atoms with Crippen molar-refractivity contribution in [1.82, 2.24) is 0 Å². The van der Waals surface area contributed by atoms with Crippen LogP contribution >= 0.6 is 11.6 Å². The van der Waals surface area contributed by atoms with Crippen molar-refractivity contribution in [3.63, 3.8) is 0 Å². The largest absolute Gasteiger partial charge is 0.381 e. The number of benzene rings is 1. The lowest BCUT2D eigenvalue weighted by Crippen LogP contribution is -2.09. The summed E-state index contributed by atoms with van der Waals surface area (Å²) < 4.78 is 31.5. The Bertz CT molecular complexity index is 350. The number of hydrogen-bond donors (Lipinski definition) is 0. The summed E-state index contributed by atoms with van der Waals surface area (Å²) in [7, 11) is 0. The van der Waals surface area contributed by atoms with E-state index >= 15 is 0 Å². The van der Waals surface area contributed by atoms with Gasteiger partial charge in [-0.15, -0.1) is 11.6 Å². The predicted molar refractivity (Wildman–Crippen MR) is 53.9 cm³/mol. The molecule has 0 amide bonds. The summed E-state index contributed by atoms with van der Waals surface area (Å²) in [4.78, 5) is 0. The molecule has 4 heteroatoms. The molecule has 1 fully saturated rings. The Balaban J connectivity index is 2.23. The summed E-state index contributed by atoms with van der Waals surface area (Å²) in [5, 5.41) is -0.511. The SMILES string of the molecule is Fc1ccc(F)c(C(Cl)C2CCOC2)c1. The van der Waals surface area contributed by atoms with Gasteiger partial charge < -0.3 is 4.74 Å². The molecule has 1 aliphatic rings. The van der Waals surface area contributed by atoms with Crippen LogP contribution in [0.25, 0.3) is 0 Å². The van der Waals surface area contributed by atoms with Crippen LogP contribution in [-0.2, 0) is 4.74 Å². The Hall–Kier alpha value is -0.670. The monoisotopic (exact) mass is 232 g/mol. The molecule has 1 nitrogen and oxygen atoms in total. The third kappa shape index (κ3) is 2.29. The molecule has 1 saturated heterocycles. The zero-order valence-corrected chi connectivity index (χ0v) is 8.81. The molecule has 2 rings (SSSR count). The quantitative estimate of drug-likeness (QED) is 0.711. The highest BCUT2D eigenvalue weighted by atomic mass is 35.5. The van der Waals surface area contributed by atoms with Crippen molar-refractivity contribution in [2.24, 2.45) is 5.92 Å². The van der Waals surface area contributed by atoms with E-state index in [1.54, 1.807) is 0 Å². The highest BCUT2D eigenvalue weighted by Gasteiger charge is 2.27. The van der Waals surface area contributed by atoms with Crippen LogP contribution in [0.5, 0.6) is 0 Å². The first-order valence-corrected chi connectivity index (χ1v) is 5.29. The van der Waals surface area contributed by atoms with Crippen LogP contribution in [0.1, 0.15) is 17.4 Å². The fraction of sp³-hybridized carbons (Fsp3) is 0.455. The van der Waals surface area contributed by atoms with Crippen LogP contribution in [0.4, 0.5) is 8.78 Å². The van der Waals surface area contributed by atoms with E-state index in [1.807, 2.05) is 0 Å². The minimum absolute atomic E-state index is 0.0722. The fourth-order valence-electron chi connectivity index (χ4n) is 1.76. The van der Waals surface area contributed by atoms with Gasteiger partial charge in [0.05, 0.1) is 12.0 Å². The van der Waals surface area contributed by atoms with Gasteiger partial charge in [-0.3, -0.25) is 0 Å². The molecule has 1 aliphatic heterocycles. The summed E-state index contributed by atoms with van der Waals surface area (Å²) in [5.74, 6) is -0.845. The van der Waals surface area contributed by atoms with Crippen LogP contribution in [0.15, 0.2) is 18.2 Å². The number of ether oxygens (including phenoxy) is 1. The molecule has 0 aromatic heterocycles. The molecule has 0 saturated carbocycles. The predicted octanol–water partition coefficient (Wildman–Crippen LogP) is 3.28. The second-order valence-corrected chi connectivity index (χ2v) is 4.16. The molecule has 0 spiro atoms. The molecule has 1 aromatic carbocycles. The molecule has 82 valence electrons. The van der Waals surface area contributed by atoms with E-state index < -0.39 is 17.0 Å². The van der Waals surface area contributed by atoms with E-state index in [9.17, 15) is 8.78 Å². The smallest absolute Gasteiger partial charge is 0.128 e. The molecular formula is C11H11ClF2O. The first-order valence-electron chi connectivity index (χ1n) is 4.85. The number of halogens is 3. The lowest BCUT2D eigenvalue weighted by atomic mass is 9.97. The summed E-state index contributed by atoms with van der Waals surface area (Å²) in [6, 6.07) is 3.36. The van der Waals surface area contributed by atoms with Crippen molar-refractivity contribution in [2.75, 3.05) is 13.2 Å². The lowest BCUT2D eigenvalue weighted by Gasteiger charge is -2.16. The van der Waals surface area contributed by atoms with Crippen LogP contribution in [0, 0.1) is 17.6 Å². The van der Waals surface area contributed by atoms with Crippen molar-refractivity contribution in [3.05, 3.63) is 35.4 Å². The zero-order chi connectivity index (χ0) is 10.8. The highest BCUT2D eigenvalue weighted by Crippen LogP contribution is 2.35. The Labute approximate surface area is 92.0 Å². The van der Waals surface area contributed by atoms with E-state index in [2.05, 4.69) is 0 Å². The van der Waals surface area contributed by atoms with Crippen molar-refractivity contribution in [1.29, 1.82) is 0 Å². The minimum atomic E-state index is -0.511. The topological polar surface area (TPSA) is 9.23 Å². The second kappa shape index (κ2) is 4.45. The third-order valence-corrected chi connectivity index (χ3v) is 3.23. The highest BCUT2D eigenvalue weighted by molar-refractivity contribution is 6.21. The Morgan fingerprint density at radius 2 is 2.20 bits per heavy atom. The van der Waals surface area contributed by atoms with Gasteiger partial charge in [0.25, 0.3) is 0 Å². The van der Waals surface area contributed by atoms with Gasteiger partial charge in [-0.2, -0.15) is 0 Å². The molecule has 0 aliphatic carbocycles. The standard InChI is InChI=1S/C11H11ClF2O/c12-11(7-3-4-15-6-7)9-5-8(13)1-2-10(9)14/h1-2,5,7,11H,3-4,6H2. The van der Waals surface area contributed by atoms with E-state index in [1.165, 1.54) is 0 Å². The van der Waals surface area contributed by atoms with Crippen LogP contribution in [-0.4, -0.2) is 13.2 Å². The normalized spacial score (nSPS) is 23.0. The van der Waals surface area contributed by atoms with Crippen LogP contribution in [0.2, 0.25) is 0 Å². The summed E-state index contributed by atoms with van der Waals surface area (Å²) in [6.07, 6.45) is 0.796. The van der Waals surface area contributed by atoms with E-state index in [-0.39, 0.29) is 11.5 Å². The van der Waals surface area contributed by atoms with Crippen molar-refractivity contribution in [2.45, 2.75) is 11.8 Å². The fourth-order valence-corrected chi connectivity index (χ4v) is 2.13. The van der Waals surface area contributed by atoms with Gasteiger partial charge in [0.15, 0.2) is 0 Å². The maximum Gasteiger partial charge on any atom is 0.128 e. The molecule has 2 atom stereocenters.